The van der Waals surface area contributed by atoms with Crippen LogP contribution in [0.15, 0.2) is 48.8 Å². The van der Waals surface area contributed by atoms with Crippen LogP contribution in [0, 0.1) is 6.92 Å². The fraction of sp³-hybridized carbons (Fsp3) is 0.211. The van der Waals surface area contributed by atoms with Gasteiger partial charge in [0.15, 0.2) is 0 Å². The Morgan fingerprint density at radius 3 is 2.84 bits per heavy atom. The van der Waals surface area contributed by atoms with Crippen molar-refractivity contribution in [2.75, 3.05) is 17.2 Å². The number of fused-ring (bicyclic) bond motifs is 1. The van der Waals surface area contributed by atoms with Crippen LogP contribution in [0.25, 0.3) is 10.9 Å². The molecule has 3 rings (SSSR count). The summed E-state index contributed by atoms with van der Waals surface area (Å²) in [5.41, 5.74) is 2.44. The summed E-state index contributed by atoms with van der Waals surface area (Å²) in [6.07, 6.45) is 2.61. The maximum Gasteiger partial charge on any atom is 0.224 e. The van der Waals surface area contributed by atoms with Gasteiger partial charge < -0.3 is 15.7 Å². The van der Waals surface area contributed by atoms with Crippen LogP contribution in [0.1, 0.15) is 18.4 Å². The summed E-state index contributed by atoms with van der Waals surface area (Å²) in [5, 5.41) is 16.5. The van der Waals surface area contributed by atoms with E-state index in [0.717, 1.165) is 28.0 Å². The molecule has 0 atom stereocenters. The van der Waals surface area contributed by atoms with E-state index in [9.17, 15) is 9.90 Å². The molecule has 1 aromatic heterocycles. The zero-order valence-corrected chi connectivity index (χ0v) is 14.0. The van der Waals surface area contributed by atoms with Gasteiger partial charge in [0.05, 0.1) is 5.52 Å². The van der Waals surface area contributed by atoms with Gasteiger partial charge in [0.1, 0.15) is 17.9 Å². The Hall–Kier alpha value is -3.15. The molecular formula is C19H20N4O2. The highest BCUT2D eigenvalue weighted by Gasteiger charge is 2.06. The number of nitrogens with zero attached hydrogens (tertiary/aromatic N) is 2. The van der Waals surface area contributed by atoms with Gasteiger partial charge in [0.25, 0.3) is 0 Å². The fourth-order valence-corrected chi connectivity index (χ4v) is 2.60. The van der Waals surface area contributed by atoms with E-state index < -0.39 is 0 Å². The highest BCUT2D eigenvalue weighted by molar-refractivity contribution is 5.91. The molecule has 6 nitrogen and oxygen atoms in total. The van der Waals surface area contributed by atoms with Crippen molar-refractivity contribution in [2.45, 2.75) is 19.8 Å². The van der Waals surface area contributed by atoms with Crippen LogP contribution in [0.5, 0.6) is 5.75 Å². The maximum absolute atomic E-state index is 12.0. The highest BCUT2D eigenvalue weighted by atomic mass is 16.3. The quantitative estimate of drug-likeness (QED) is 0.474. The van der Waals surface area contributed by atoms with E-state index in [1.165, 1.54) is 6.33 Å². The van der Waals surface area contributed by atoms with Gasteiger partial charge in [-0.05, 0) is 49.2 Å². The van der Waals surface area contributed by atoms with Crippen LogP contribution in [-0.2, 0) is 4.79 Å². The number of phenols is 1. The van der Waals surface area contributed by atoms with Crippen LogP contribution in [-0.4, -0.2) is 27.5 Å². The van der Waals surface area contributed by atoms with Crippen LogP contribution in [0.4, 0.5) is 11.5 Å². The van der Waals surface area contributed by atoms with Gasteiger partial charge in [-0.25, -0.2) is 9.97 Å². The van der Waals surface area contributed by atoms with E-state index in [1.54, 1.807) is 18.2 Å². The van der Waals surface area contributed by atoms with Crippen molar-refractivity contribution in [2.24, 2.45) is 0 Å². The standard InChI is InChI=1S/C19H20N4O2/c1-13-11-14(24)8-9-16(13)23-18(25)7-4-10-20-19-15-5-2-3-6-17(15)21-12-22-19/h2-3,5-6,8-9,11-12,24H,4,7,10H2,1H3,(H,23,25)(H,20,21,22). The van der Waals surface area contributed by atoms with Gasteiger partial charge in [0.2, 0.25) is 5.91 Å². The summed E-state index contributed by atoms with van der Waals surface area (Å²) in [5.74, 6) is 0.917. The topological polar surface area (TPSA) is 87.1 Å². The SMILES string of the molecule is Cc1cc(O)ccc1NC(=O)CCCNc1ncnc2ccccc12. The van der Waals surface area contributed by atoms with E-state index in [4.69, 9.17) is 0 Å². The number of carbonyl (C=O) groups excluding carboxylic acids is 1. The second kappa shape index (κ2) is 7.61. The Morgan fingerprint density at radius 1 is 1.16 bits per heavy atom. The number of rotatable bonds is 6. The molecule has 0 bridgehead atoms. The number of benzene rings is 2. The predicted molar refractivity (Wildman–Crippen MR) is 98.7 cm³/mol. The van der Waals surface area contributed by atoms with Gasteiger partial charge in [-0.15, -0.1) is 0 Å². The molecule has 0 radical (unpaired) electrons. The van der Waals surface area contributed by atoms with Gasteiger partial charge in [0, 0.05) is 24.0 Å². The average molecular weight is 336 g/mol. The largest absolute Gasteiger partial charge is 0.508 e. The molecule has 128 valence electrons. The number of para-hydroxylation sites is 1. The number of nitrogens with one attached hydrogen (secondary N) is 2. The van der Waals surface area contributed by atoms with Crippen LogP contribution < -0.4 is 10.6 Å². The number of aryl methyl sites for hydroxylation is 1. The molecule has 0 unspecified atom stereocenters. The minimum Gasteiger partial charge on any atom is -0.508 e. The number of hydrogen-bond donors (Lipinski definition) is 3. The van der Waals surface area contributed by atoms with E-state index in [0.29, 0.717) is 19.4 Å². The third-order valence-electron chi connectivity index (χ3n) is 3.90. The second-order valence-corrected chi connectivity index (χ2v) is 5.82. The highest BCUT2D eigenvalue weighted by Crippen LogP contribution is 2.21. The van der Waals surface area contributed by atoms with Crippen molar-refractivity contribution < 1.29 is 9.90 Å². The third kappa shape index (κ3) is 4.23. The summed E-state index contributed by atoms with van der Waals surface area (Å²) in [6.45, 7) is 2.49. The lowest BCUT2D eigenvalue weighted by atomic mass is 10.2. The molecule has 1 heterocycles. The minimum atomic E-state index is -0.0527. The van der Waals surface area contributed by atoms with Gasteiger partial charge in [-0.2, -0.15) is 0 Å². The fourth-order valence-electron chi connectivity index (χ4n) is 2.60. The molecule has 3 N–H and O–H groups in total. The molecule has 0 spiro atoms. The van der Waals surface area contributed by atoms with Crippen LogP contribution in [0.2, 0.25) is 0 Å². The van der Waals surface area contributed by atoms with Gasteiger partial charge in [-0.1, -0.05) is 12.1 Å². The molecule has 0 fully saturated rings. The molecule has 1 amide bonds. The first-order valence-electron chi connectivity index (χ1n) is 8.16. The Bertz CT molecular complexity index is 890. The molecule has 6 heteroatoms. The smallest absolute Gasteiger partial charge is 0.224 e. The summed E-state index contributed by atoms with van der Waals surface area (Å²) in [7, 11) is 0. The summed E-state index contributed by atoms with van der Waals surface area (Å²) in [4.78, 5) is 20.5. The zero-order valence-electron chi connectivity index (χ0n) is 14.0. The van der Waals surface area contributed by atoms with Crippen molar-refractivity contribution in [3.63, 3.8) is 0 Å². The Morgan fingerprint density at radius 2 is 2.00 bits per heavy atom. The molecule has 0 aliphatic heterocycles. The van der Waals surface area contributed by atoms with Gasteiger partial charge >= 0.3 is 0 Å². The van der Waals surface area contributed by atoms with Crippen molar-refractivity contribution in [1.82, 2.24) is 9.97 Å². The molecule has 25 heavy (non-hydrogen) atoms. The number of aromatic hydroxyl groups is 1. The molecule has 0 saturated carbocycles. The molecule has 3 aromatic rings. The Labute approximate surface area is 145 Å². The zero-order chi connectivity index (χ0) is 17.6. The first-order chi connectivity index (χ1) is 12.1. The summed E-state index contributed by atoms with van der Waals surface area (Å²) >= 11 is 0. The normalized spacial score (nSPS) is 10.6. The lowest BCUT2D eigenvalue weighted by molar-refractivity contribution is -0.116. The van der Waals surface area contributed by atoms with E-state index >= 15 is 0 Å². The monoisotopic (exact) mass is 336 g/mol. The van der Waals surface area contributed by atoms with Crippen LogP contribution >= 0.6 is 0 Å². The lowest BCUT2D eigenvalue weighted by Crippen LogP contribution is -2.14. The molecule has 0 aliphatic carbocycles. The van der Waals surface area contributed by atoms with Crippen molar-refractivity contribution in [3.8, 4) is 5.75 Å². The number of hydrogen-bond acceptors (Lipinski definition) is 5. The van der Waals surface area contributed by atoms with Crippen molar-refractivity contribution in [1.29, 1.82) is 0 Å². The van der Waals surface area contributed by atoms with Crippen LogP contribution in [0.3, 0.4) is 0 Å². The van der Waals surface area contributed by atoms with E-state index in [2.05, 4.69) is 20.6 Å². The molecule has 2 aromatic carbocycles. The first kappa shape index (κ1) is 16.7. The lowest BCUT2D eigenvalue weighted by Gasteiger charge is -2.10. The first-order valence-corrected chi connectivity index (χ1v) is 8.16. The Balaban J connectivity index is 1.50. The molecular weight excluding hydrogens is 316 g/mol. The average Bonchev–Trinajstić information content (AvgIpc) is 2.61. The number of amides is 1. The molecule has 0 saturated heterocycles. The number of anilines is 2. The number of phenolic OH excluding ortho intramolecular Hbond substituents is 1. The Kier molecular flexibility index (Phi) is 5.09. The van der Waals surface area contributed by atoms with E-state index in [-0.39, 0.29) is 11.7 Å². The van der Waals surface area contributed by atoms with Gasteiger partial charge in [-0.3, -0.25) is 4.79 Å². The van der Waals surface area contributed by atoms with E-state index in [1.807, 2.05) is 31.2 Å². The molecule has 0 aliphatic rings. The number of aromatic nitrogens is 2. The second-order valence-electron chi connectivity index (χ2n) is 5.82. The minimum absolute atomic E-state index is 0.0527. The maximum atomic E-state index is 12.0. The summed E-state index contributed by atoms with van der Waals surface area (Å²) < 4.78 is 0. The van der Waals surface area contributed by atoms with Crippen molar-refractivity contribution >= 4 is 28.3 Å². The summed E-state index contributed by atoms with van der Waals surface area (Å²) in [6, 6.07) is 12.7. The predicted octanol–water partition coefficient (Wildman–Crippen LogP) is 3.47. The third-order valence-corrected chi connectivity index (χ3v) is 3.90. The van der Waals surface area contributed by atoms with Crippen molar-refractivity contribution in [3.05, 3.63) is 54.4 Å². The number of carbonyl (C=O) groups is 1.